The smallest absolute Gasteiger partial charge is 0.256 e. The second-order valence-corrected chi connectivity index (χ2v) is 6.87. The Morgan fingerprint density at radius 3 is 2.33 bits per heavy atom. The molecule has 3 N–H and O–H groups in total. The van der Waals surface area contributed by atoms with Crippen LogP contribution < -0.4 is 10.6 Å². The van der Waals surface area contributed by atoms with Gasteiger partial charge in [0.2, 0.25) is 0 Å². The second-order valence-electron chi connectivity index (χ2n) is 5.95. The van der Waals surface area contributed by atoms with E-state index in [0.29, 0.717) is 22.0 Å². The molecule has 0 radical (unpaired) electrons. The van der Waals surface area contributed by atoms with Crippen LogP contribution in [0.1, 0.15) is 53.0 Å². The van der Waals surface area contributed by atoms with Crippen molar-refractivity contribution in [2.24, 2.45) is 0 Å². The van der Waals surface area contributed by atoms with Crippen molar-refractivity contribution in [3.05, 3.63) is 52.4 Å². The van der Waals surface area contributed by atoms with Crippen LogP contribution in [-0.4, -0.2) is 29.6 Å². The highest BCUT2D eigenvalue weighted by Gasteiger charge is 2.16. The van der Waals surface area contributed by atoms with E-state index in [9.17, 15) is 14.7 Å². The van der Waals surface area contributed by atoms with Crippen LogP contribution in [0.15, 0.2) is 35.7 Å². The van der Waals surface area contributed by atoms with Gasteiger partial charge in [-0.3, -0.25) is 9.59 Å². The van der Waals surface area contributed by atoms with E-state index >= 15 is 0 Å². The predicted molar refractivity (Wildman–Crippen MR) is 96.8 cm³/mol. The standard InChI is InChI=1S/C18H22N2O3S/c1-11(2)13-4-6-14(7-5-13)16(22)20-18-15(8-9-24-18)17(23)19-10-12(3)21/h4-9,11-12,21H,10H2,1-3H3,(H,19,23)(H,20,22). The van der Waals surface area contributed by atoms with Crippen molar-refractivity contribution in [3.8, 4) is 0 Å². The third-order valence-corrected chi connectivity index (χ3v) is 4.36. The van der Waals surface area contributed by atoms with Crippen molar-refractivity contribution in [2.45, 2.75) is 32.8 Å². The van der Waals surface area contributed by atoms with Gasteiger partial charge in [-0.2, -0.15) is 0 Å². The largest absolute Gasteiger partial charge is 0.392 e. The minimum Gasteiger partial charge on any atom is -0.392 e. The van der Waals surface area contributed by atoms with Crippen LogP contribution in [0.3, 0.4) is 0 Å². The Morgan fingerprint density at radius 2 is 1.75 bits per heavy atom. The molecular weight excluding hydrogens is 324 g/mol. The molecule has 0 aliphatic carbocycles. The monoisotopic (exact) mass is 346 g/mol. The molecule has 1 aromatic carbocycles. The number of nitrogens with one attached hydrogen (secondary N) is 2. The van der Waals surface area contributed by atoms with Crippen molar-refractivity contribution in [3.63, 3.8) is 0 Å². The Balaban J connectivity index is 2.07. The van der Waals surface area contributed by atoms with Crippen LogP contribution in [0.25, 0.3) is 0 Å². The van der Waals surface area contributed by atoms with Gasteiger partial charge in [0.1, 0.15) is 5.00 Å². The Kier molecular flexibility index (Phi) is 6.11. The maximum Gasteiger partial charge on any atom is 0.256 e. The average Bonchev–Trinajstić information content (AvgIpc) is 3.00. The summed E-state index contributed by atoms with van der Waals surface area (Å²) in [7, 11) is 0. The fraction of sp³-hybridized carbons (Fsp3) is 0.333. The summed E-state index contributed by atoms with van der Waals surface area (Å²) in [4.78, 5) is 24.5. The normalized spacial score (nSPS) is 12.0. The first kappa shape index (κ1) is 18.2. The first-order chi connectivity index (χ1) is 11.4. The van der Waals surface area contributed by atoms with Crippen LogP contribution in [-0.2, 0) is 0 Å². The van der Waals surface area contributed by atoms with Gasteiger partial charge >= 0.3 is 0 Å². The van der Waals surface area contributed by atoms with Crippen LogP contribution in [0.5, 0.6) is 0 Å². The molecule has 0 aliphatic heterocycles. The highest BCUT2D eigenvalue weighted by atomic mass is 32.1. The zero-order chi connectivity index (χ0) is 17.7. The van der Waals surface area contributed by atoms with E-state index in [2.05, 4.69) is 24.5 Å². The van der Waals surface area contributed by atoms with Crippen molar-refractivity contribution in [2.75, 3.05) is 11.9 Å². The molecule has 2 amide bonds. The lowest BCUT2D eigenvalue weighted by atomic mass is 10.0. The Bertz CT molecular complexity index is 705. The quantitative estimate of drug-likeness (QED) is 0.751. The lowest BCUT2D eigenvalue weighted by molar-refractivity contribution is 0.0925. The first-order valence-corrected chi connectivity index (χ1v) is 8.71. The number of hydrogen-bond donors (Lipinski definition) is 3. The fourth-order valence-electron chi connectivity index (χ4n) is 2.12. The molecule has 5 nitrogen and oxygen atoms in total. The zero-order valence-corrected chi connectivity index (χ0v) is 14.8. The molecule has 1 unspecified atom stereocenters. The van der Waals surface area contributed by atoms with Gasteiger partial charge in [0, 0.05) is 12.1 Å². The molecule has 2 aromatic rings. The van der Waals surface area contributed by atoms with E-state index in [4.69, 9.17) is 0 Å². The van der Waals surface area contributed by atoms with Gasteiger partial charge in [-0.05, 0) is 42.0 Å². The van der Waals surface area contributed by atoms with Crippen LogP contribution in [0.2, 0.25) is 0 Å². The van der Waals surface area contributed by atoms with E-state index in [0.717, 1.165) is 0 Å². The zero-order valence-electron chi connectivity index (χ0n) is 14.0. The van der Waals surface area contributed by atoms with Crippen molar-refractivity contribution in [1.29, 1.82) is 0 Å². The molecule has 0 saturated carbocycles. The second kappa shape index (κ2) is 8.08. The third-order valence-electron chi connectivity index (χ3n) is 3.53. The number of aliphatic hydroxyl groups excluding tert-OH is 1. The predicted octanol–water partition coefficient (Wildman–Crippen LogP) is 3.23. The van der Waals surface area contributed by atoms with E-state index in [1.807, 2.05) is 12.1 Å². The van der Waals surface area contributed by atoms with E-state index in [-0.39, 0.29) is 18.4 Å². The number of rotatable bonds is 6. The molecule has 128 valence electrons. The highest BCUT2D eigenvalue weighted by Crippen LogP contribution is 2.24. The molecule has 1 heterocycles. The molecule has 6 heteroatoms. The lowest BCUT2D eigenvalue weighted by Crippen LogP contribution is -2.30. The van der Waals surface area contributed by atoms with E-state index < -0.39 is 6.10 Å². The average molecular weight is 346 g/mol. The summed E-state index contributed by atoms with van der Waals surface area (Å²) in [5, 5.41) is 16.9. The number of carbonyl (C=O) groups excluding carboxylic acids is 2. The molecule has 0 saturated heterocycles. The molecule has 0 spiro atoms. The number of amides is 2. The number of anilines is 1. The molecule has 2 rings (SSSR count). The van der Waals surface area contributed by atoms with Crippen molar-refractivity contribution in [1.82, 2.24) is 5.32 Å². The molecule has 0 bridgehead atoms. The summed E-state index contributed by atoms with van der Waals surface area (Å²) in [6.07, 6.45) is -0.620. The summed E-state index contributed by atoms with van der Waals surface area (Å²) in [5.41, 5.74) is 2.11. The maximum absolute atomic E-state index is 12.4. The van der Waals surface area contributed by atoms with Gasteiger partial charge in [-0.15, -0.1) is 11.3 Å². The minimum absolute atomic E-state index is 0.165. The van der Waals surface area contributed by atoms with Crippen LogP contribution in [0.4, 0.5) is 5.00 Å². The number of thiophene rings is 1. The third kappa shape index (κ3) is 4.66. The summed E-state index contributed by atoms with van der Waals surface area (Å²) < 4.78 is 0. The van der Waals surface area contributed by atoms with Crippen molar-refractivity contribution < 1.29 is 14.7 Å². The molecule has 1 aromatic heterocycles. The Morgan fingerprint density at radius 1 is 1.08 bits per heavy atom. The number of benzene rings is 1. The molecule has 0 aliphatic rings. The minimum atomic E-state index is -0.620. The molecule has 1 atom stereocenters. The summed E-state index contributed by atoms with van der Waals surface area (Å²) >= 11 is 1.29. The summed E-state index contributed by atoms with van der Waals surface area (Å²) in [6, 6.07) is 9.09. The highest BCUT2D eigenvalue weighted by molar-refractivity contribution is 7.14. The van der Waals surface area contributed by atoms with Gasteiger partial charge in [0.15, 0.2) is 0 Å². The number of hydrogen-bond acceptors (Lipinski definition) is 4. The maximum atomic E-state index is 12.4. The first-order valence-electron chi connectivity index (χ1n) is 7.83. The van der Waals surface area contributed by atoms with Gasteiger partial charge in [-0.1, -0.05) is 26.0 Å². The van der Waals surface area contributed by atoms with E-state index in [1.165, 1.54) is 16.9 Å². The number of carbonyl (C=O) groups is 2. The molecule has 24 heavy (non-hydrogen) atoms. The van der Waals surface area contributed by atoms with Crippen molar-refractivity contribution >= 4 is 28.2 Å². The Hall–Kier alpha value is -2.18. The molecular formula is C18H22N2O3S. The van der Waals surface area contributed by atoms with Gasteiger partial charge < -0.3 is 15.7 Å². The topological polar surface area (TPSA) is 78.4 Å². The van der Waals surface area contributed by atoms with Crippen LogP contribution in [0, 0.1) is 0 Å². The number of aliphatic hydroxyl groups is 1. The van der Waals surface area contributed by atoms with Crippen LogP contribution >= 0.6 is 11.3 Å². The lowest BCUT2D eigenvalue weighted by Gasteiger charge is -2.10. The van der Waals surface area contributed by atoms with Gasteiger partial charge in [0.25, 0.3) is 11.8 Å². The summed E-state index contributed by atoms with van der Waals surface area (Å²) in [5.74, 6) is -0.163. The SMILES string of the molecule is CC(O)CNC(=O)c1ccsc1NC(=O)c1ccc(C(C)C)cc1. The van der Waals surface area contributed by atoms with E-state index in [1.54, 1.807) is 30.5 Å². The van der Waals surface area contributed by atoms with Gasteiger partial charge in [-0.25, -0.2) is 0 Å². The summed E-state index contributed by atoms with van der Waals surface area (Å²) in [6.45, 7) is 5.95. The Labute approximate surface area is 145 Å². The fourth-order valence-corrected chi connectivity index (χ4v) is 2.89. The molecule has 0 fully saturated rings. The van der Waals surface area contributed by atoms with Gasteiger partial charge in [0.05, 0.1) is 11.7 Å².